The van der Waals surface area contributed by atoms with Gasteiger partial charge >= 0.3 is 0 Å². The van der Waals surface area contributed by atoms with E-state index in [9.17, 15) is 4.79 Å². The van der Waals surface area contributed by atoms with Gasteiger partial charge in [-0.3, -0.25) is 4.79 Å². The van der Waals surface area contributed by atoms with Crippen LogP contribution in [0.15, 0.2) is 24.3 Å². The molecule has 1 aromatic rings. The van der Waals surface area contributed by atoms with Gasteiger partial charge in [0.05, 0.1) is 6.61 Å². The summed E-state index contributed by atoms with van der Waals surface area (Å²) in [7, 11) is 1.63. The van der Waals surface area contributed by atoms with Crippen LogP contribution in [0.5, 0.6) is 5.75 Å². The van der Waals surface area contributed by atoms with Crippen molar-refractivity contribution in [2.45, 2.75) is 19.4 Å². The van der Waals surface area contributed by atoms with Crippen molar-refractivity contribution >= 4 is 18.3 Å². The van der Waals surface area contributed by atoms with Gasteiger partial charge in [0, 0.05) is 25.3 Å². The van der Waals surface area contributed by atoms with Crippen molar-refractivity contribution in [1.82, 2.24) is 10.6 Å². The first kappa shape index (κ1) is 18.7. The molecule has 5 nitrogen and oxygen atoms in total. The molecule has 2 N–H and O–H groups in total. The Morgan fingerprint density at radius 2 is 2.23 bits per heavy atom. The summed E-state index contributed by atoms with van der Waals surface area (Å²) < 4.78 is 10.5. The topological polar surface area (TPSA) is 59.6 Å². The molecular weight excluding hydrogens is 304 g/mol. The fourth-order valence-electron chi connectivity index (χ4n) is 2.40. The fourth-order valence-corrected chi connectivity index (χ4v) is 2.40. The summed E-state index contributed by atoms with van der Waals surface area (Å²) >= 11 is 0. The summed E-state index contributed by atoms with van der Waals surface area (Å²) in [4.78, 5) is 12.3. The van der Waals surface area contributed by atoms with Crippen LogP contribution in [0, 0.1) is 5.92 Å². The second kappa shape index (κ2) is 9.66. The summed E-state index contributed by atoms with van der Waals surface area (Å²) in [6.45, 7) is 5.04. The third-order valence-electron chi connectivity index (χ3n) is 3.80. The van der Waals surface area contributed by atoms with Crippen molar-refractivity contribution < 1.29 is 14.3 Å². The molecule has 0 spiro atoms. The van der Waals surface area contributed by atoms with E-state index in [2.05, 4.69) is 17.6 Å². The summed E-state index contributed by atoms with van der Waals surface area (Å²) in [5.74, 6) is 1.14. The highest BCUT2D eigenvalue weighted by Crippen LogP contribution is 2.15. The van der Waals surface area contributed by atoms with Crippen molar-refractivity contribution in [3.8, 4) is 5.75 Å². The van der Waals surface area contributed by atoms with Crippen molar-refractivity contribution in [3.05, 3.63) is 29.8 Å². The zero-order valence-corrected chi connectivity index (χ0v) is 13.9. The molecule has 0 aromatic heterocycles. The lowest BCUT2D eigenvalue weighted by Crippen LogP contribution is -2.50. The number of benzene rings is 1. The normalized spacial score (nSPS) is 20.8. The Labute approximate surface area is 138 Å². The van der Waals surface area contributed by atoms with Crippen LogP contribution in [0.3, 0.4) is 0 Å². The molecule has 1 amide bonds. The van der Waals surface area contributed by atoms with Crippen LogP contribution >= 0.6 is 12.4 Å². The van der Waals surface area contributed by atoms with Crippen LogP contribution in [0.2, 0.25) is 0 Å². The van der Waals surface area contributed by atoms with Gasteiger partial charge in [-0.25, -0.2) is 0 Å². The van der Waals surface area contributed by atoms with Gasteiger partial charge in [-0.2, -0.15) is 0 Å². The third-order valence-corrected chi connectivity index (χ3v) is 3.80. The van der Waals surface area contributed by atoms with Crippen LogP contribution in [0.25, 0.3) is 0 Å². The summed E-state index contributed by atoms with van der Waals surface area (Å²) in [5.41, 5.74) is 0.627. The molecule has 2 unspecified atom stereocenters. The Hall–Kier alpha value is -1.30. The predicted molar refractivity (Wildman–Crippen MR) is 89.0 cm³/mol. The van der Waals surface area contributed by atoms with E-state index >= 15 is 0 Å². The van der Waals surface area contributed by atoms with Gasteiger partial charge < -0.3 is 20.1 Å². The Morgan fingerprint density at radius 1 is 1.41 bits per heavy atom. The van der Waals surface area contributed by atoms with E-state index in [0.29, 0.717) is 30.4 Å². The van der Waals surface area contributed by atoms with Gasteiger partial charge in [-0.15, -0.1) is 12.4 Å². The van der Waals surface area contributed by atoms with Crippen molar-refractivity contribution in [2.24, 2.45) is 5.92 Å². The maximum absolute atomic E-state index is 12.3. The van der Waals surface area contributed by atoms with E-state index in [1.165, 1.54) is 0 Å². The molecule has 0 bridgehead atoms. The van der Waals surface area contributed by atoms with Gasteiger partial charge in [-0.05, 0) is 37.1 Å². The summed E-state index contributed by atoms with van der Waals surface area (Å²) in [5, 5.41) is 6.41. The Morgan fingerprint density at radius 3 is 2.95 bits per heavy atom. The first-order valence-corrected chi connectivity index (χ1v) is 7.44. The highest BCUT2D eigenvalue weighted by Gasteiger charge is 2.23. The Bertz CT molecular complexity index is 470. The van der Waals surface area contributed by atoms with Crippen LogP contribution in [0.1, 0.15) is 23.7 Å². The maximum Gasteiger partial charge on any atom is 0.251 e. The van der Waals surface area contributed by atoms with E-state index in [0.717, 1.165) is 19.5 Å². The number of rotatable bonds is 6. The van der Waals surface area contributed by atoms with Gasteiger partial charge in [0.1, 0.15) is 12.4 Å². The number of carbonyl (C=O) groups is 1. The number of nitrogens with one attached hydrogen (secondary N) is 2. The molecule has 2 rings (SSSR count). The number of carbonyl (C=O) groups excluding carboxylic acids is 1. The van der Waals surface area contributed by atoms with Crippen LogP contribution in [-0.2, 0) is 4.74 Å². The van der Waals surface area contributed by atoms with Crippen molar-refractivity contribution in [2.75, 3.05) is 33.4 Å². The lowest BCUT2D eigenvalue weighted by molar-refractivity contribution is 0.0914. The molecule has 1 heterocycles. The molecule has 22 heavy (non-hydrogen) atoms. The van der Waals surface area contributed by atoms with Crippen molar-refractivity contribution in [1.29, 1.82) is 0 Å². The number of piperidine rings is 1. The van der Waals surface area contributed by atoms with E-state index in [1.54, 1.807) is 19.2 Å². The Balaban J connectivity index is 0.00000242. The molecule has 0 radical (unpaired) electrons. The third kappa shape index (κ3) is 5.48. The largest absolute Gasteiger partial charge is 0.491 e. The highest BCUT2D eigenvalue weighted by atomic mass is 35.5. The van der Waals surface area contributed by atoms with Gasteiger partial charge in [-0.1, -0.05) is 13.0 Å². The van der Waals surface area contributed by atoms with E-state index < -0.39 is 0 Å². The van der Waals surface area contributed by atoms with Gasteiger partial charge in [0.15, 0.2) is 0 Å². The number of halogens is 1. The molecule has 2 atom stereocenters. The standard InChI is InChI=1S/C16H24N2O3.ClH/c1-12-6-7-17-11-15(12)18-16(19)13-4-3-5-14(10-13)21-9-8-20-2;/h3-5,10,12,15,17H,6-9,11H2,1-2H3,(H,18,19);1H. The molecular formula is C16H25ClN2O3. The highest BCUT2D eigenvalue weighted by molar-refractivity contribution is 5.94. The molecule has 1 aliphatic rings. The summed E-state index contributed by atoms with van der Waals surface area (Å²) in [6.07, 6.45) is 1.09. The average Bonchev–Trinajstić information content (AvgIpc) is 2.50. The molecule has 0 aliphatic carbocycles. The molecule has 1 aliphatic heterocycles. The van der Waals surface area contributed by atoms with Gasteiger partial charge in [0.2, 0.25) is 0 Å². The monoisotopic (exact) mass is 328 g/mol. The quantitative estimate of drug-likeness (QED) is 0.783. The lowest BCUT2D eigenvalue weighted by atomic mass is 9.94. The number of amides is 1. The minimum absolute atomic E-state index is 0. The Kier molecular flexibility index (Phi) is 8.24. The fraction of sp³-hybridized carbons (Fsp3) is 0.562. The predicted octanol–water partition coefficient (Wildman–Crippen LogP) is 1.86. The number of ether oxygens (including phenoxy) is 2. The first-order valence-electron chi connectivity index (χ1n) is 7.44. The maximum atomic E-state index is 12.3. The molecule has 124 valence electrons. The summed E-state index contributed by atoms with van der Waals surface area (Å²) in [6, 6.07) is 7.44. The molecule has 1 aromatic carbocycles. The van der Waals surface area contributed by atoms with E-state index in [1.807, 2.05) is 12.1 Å². The SMILES string of the molecule is COCCOc1cccc(C(=O)NC2CNCCC2C)c1.Cl. The lowest BCUT2D eigenvalue weighted by Gasteiger charge is -2.30. The second-order valence-corrected chi connectivity index (χ2v) is 5.42. The number of hydrogen-bond acceptors (Lipinski definition) is 4. The zero-order chi connectivity index (χ0) is 15.1. The second-order valence-electron chi connectivity index (χ2n) is 5.42. The van der Waals surface area contributed by atoms with Crippen molar-refractivity contribution in [3.63, 3.8) is 0 Å². The molecule has 0 saturated carbocycles. The van der Waals surface area contributed by atoms with Crippen LogP contribution < -0.4 is 15.4 Å². The number of methoxy groups -OCH3 is 1. The number of hydrogen-bond donors (Lipinski definition) is 2. The average molecular weight is 329 g/mol. The van der Waals surface area contributed by atoms with Gasteiger partial charge in [0.25, 0.3) is 5.91 Å². The van der Waals surface area contributed by atoms with E-state index in [-0.39, 0.29) is 24.4 Å². The van der Waals surface area contributed by atoms with E-state index in [4.69, 9.17) is 9.47 Å². The first-order chi connectivity index (χ1) is 10.2. The molecule has 1 saturated heterocycles. The minimum Gasteiger partial charge on any atom is -0.491 e. The van der Waals surface area contributed by atoms with Crippen LogP contribution in [0.4, 0.5) is 0 Å². The smallest absolute Gasteiger partial charge is 0.251 e. The molecule has 6 heteroatoms. The zero-order valence-electron chi connectivity index (χ0n) is 13.1. The molecule has 1 fully saturated rings. The van der Waals surface area contributed by atoms with Crippen LogP contribution in [-0.4, -0.2) is 45.4 Å². The minimum atomic E-state index is -0.0484.